The summed E-state index contributed by atoms with van der Waals surface area (Å²) in [5, 5.41) is 0.0312. The molecule has 0 fully saturated rings. The van der Waals surface area contributed by atoms with Gasteiger partial charge in [-0.1, -0.05) is 57.0 Å². The van der Waals surface area contributed by atoms with E-state index in [2.05, 4.69) is 45.7 Å². The third-order valence-corrected chi connectivity index (χ3v) is 8.89. The number of carbonyl (C=O) groups is 1. The highest BCUT2D eigenvalue weighted by atomic mass is 28.4. The van der Waals surface area contributed by atoms with Gasteiger partial charge in [0, 0.05) is 0 Å². The van der Waals surface area contributed by atoms with Gasteiger partial charge in [-0.25, -0.2) is 0 Å². The molecule has 0 radical (unpaired) electrons. The number of hydrogen-bond donors (Lipinski definition) is 0. The number of ether oxygens (including phenoxy) is 2. The zero-order valence-electron chi connectivity index (χ0n) is 19.2. The minimum atomic E-state index is -2.07. The molecule has 4 nitrogen and oxygen atoms in total. The number of benzene rings is 1. The highest BCUT2D eigenvalue weighted by molar-refractivity contribution is 6.74. The largest absolute Gasteiger partial charge is 0.538 e. The highest BCUT2D eigenvalue weighted by Crippen LogP contribution is 2.37. The predicted octanol–water partition coefficient (Wildman–Crippen LogP) is 5.84. The van der Waals surface area contributed by atoms with Crippen LogP contribution in [0.25, 0.3) is 0 Å². The van der Waals surface area contributed by atoms with Crippen molar-refractivity contribution in [3.05, 3.63) is 47.7 Å². The molecule has 0 aliphatic heterocycles. The normalized spacial score (nSPS) is 12.8. The first kappa shape index (κ1) is 25.0. The summed E-state index contributed by atoms with van der Waals surface area (Å²) in [7, 11) is -2.07. The quantitative estimate of drug-likeness (QED) is 0.184. The smallest absolute Gasteiger partial charge is 0.310 e. The lowest BCUT2D eigenvalue weighted by Gasteiger charge is -2.36. The maximum Gasteiger partial charge on any atom is 0.310 e. The monoisotopic (exact) mass is 416 g/mol. The average Bonchev–Trinajstić information content (AvgIpc) is 2.57. The van der Waals surface area contributed by atoms with Crippen molar-refractivity contribution in [3.8, 4) is 11.8 Å². The first-order valence-corrected chi connectivity index (χ1v) is 12.9. The second kappa shape index (κ2) is 10.7. The number of carbonyl (C=O) groups excluding carboxylic acids is 1. The maximum absolute atomic E-state index is 12.1. The number of esters is 1. The predicted molar refractivity (Wildman–Crippen MR) is 121 cm³/mol. The van der Waals surface area contributed by atoms with Crippen LogP contribution in [0.1, 0.15) is 53.5 Å². The number of rotatable bonds is 7. The van der Waals surface area contributed by atoms with Crippen LogP contribution in [0.2, 0.25) is 18.1 Å². The van der Waals surface area contributed by atoms with Gasteiger partial charge in [-0.05, 0) is 56.5 Å². The van der Waals surface area contributed by atoms with Crippen LogP contribution in [-0.2, 0) is 25.3 Å². The van der Waals surface area contributed by atoms with Crippen molar-refractivity contribution < 1.29 is 18.7 Å². The van der Waals surface area contributed by atoms with E-state index in [4.69, 9.17) is 13.9 Å². The van der Waals surface area contributed by atoms with E-state index in [0.717, 1.165) is 5.56 Å². The average molecular weight is 417 g/mol. The van der Waals surface area contributed by atoms with Gasteiger partial charge in [-0.3, -0.25) is 4.79 Å². The summed E-state index contributed by atoms with van der Waals surface area (Å²) in [5.41, 5.74) is 0.593. The van der Waals surface area contributed by atoms with Crippen LogP contribution in [0.15, 0.2) is 42.2 Å². The van der Waals surface area contributed by atoms with Gasteiger partial charge in [0.25, 0.3) is 8.32 Å². The Bertz CT molecular complexity index is 741. The van der Waals surface area contributed by atoms with Crippen LogP contribution < -0.4 is 0 Å². The van der Waals surface area contributed by atoms with E-state index in [1.54, 1.807) is 6.08 Å². The summed E-state index contributed by atoms with van der Waals surface area (Å²) < 4.78 is 17.3. The molecule has 0 aliphatic rings. The van der Waals surface area contributed by atoms with Crippen molar-refractivity contribution in [2.24, 2.45) is 0 Å². The summed E-state index contributed by atoms with van der Waals surface area (Å²) in [5.74, 6) is 6.27. The first-order valence-electron chi connectivity index (χ1n) is 10.0. The second-order valence-corrected chi connectivity index (χ2v) is 14.2. The molecule has 0 saturated carbocycles. The first-order chi connectivity index (χ1) is 13.3. The highest BCUT2D eigenvalue weighted by Gasteiger charge is 2.39. The fraction of sp³-hybridized carbons (Fsp3) is 0.542. The van der Waals surface area contributed by atoms with Crippen LogP contribution in [0, 0.1) is 11.8 Å². The maximum atomic E-state index is 12.1. The Morgan fingerprint density at radius 3 is 2.24 bits per heavy atom. The second-order valence-electron chi connectivity index (χ2n) is 9.50. The Morgan fingerprint density at radius 1 is 1.07 bits per heavy atom. The Kier molecular flexibility index (Phi) is 9.19. The topological polar surface area (TPSA) is 44.8 Å². The molecule has 0 heterocycles. The molecule has 160 valence electrons. The van der Waals surface area contributed by atoms with E-state index >= 15 is 0 Å². The Labute approximate surface area is 177 Å². The van der Waals surface area contributed by atoms with Crippen molar-refractivity contribution in [1.82, 2.24) is 0 Å². The molecular formula is C24H36O4Si. The zero-order valence-corrected chi connectivity index (χ0v) is 20.2. The third kappa shape index (κ3) is 10.3. The van der Waals surface area contributed by atoms with Gasteiger partial charge < -0.3 is 13.9 Å². The van der Waals surface area contributed by atoms with Gasteiger partial charge in [0.15, 0.2) is 5.76 Å². The summed E-state index contributed by atoms with van der Waals surface area (Å²) >= 11 is 0. The minimum Gasteiger partial charge on any atom is -0.538 e. The third-order valence-electron chi connectivity index (χ3n) is 4.54. The lowest BCUT2D eigenvalue weighted by atomic mass is 10.2. The van der Waals surface area contributed by atoms with Crippen molar-refractivity contribution >= 4 is 14.3 Å². The molecule has 0 aliphatic carbocycles. The Balaban J connectivity index is 2.79. The molecule has 0 aromatic heterocycles. The number of allylic oxidation sites excluding steroid dienone is 1. The van der Waals surface area contributed by atoms with E-state index in [-0.39, 0.29) is 17.4 Å². The van der Waals surface area contributed by atoms with Gasteiger partial charge in [-0.15, -0.1) is 0 Å². The summed E-state index contributed by atoms with van der Waals surface area (Å²) in [6.45, 7) is 17.2. The lowest BCUT2D eigenvalue weighted by molar-refractivity contribution is -0.153. The fourth-order valence-electron chi connectivity index (χ4n) is 2.02. The molecule has 0 saturated heterocycles. The molecule has 0 spiro atoms. The van der Waals surface area contributed by atoms with Crippen molar-refractivity contribution in [2.75, 3.05) is 6.61 Å². The summed E-state index contributed by atoms with van der Waals surface area (Å²) in [4.78, 5) is 12.1. The van der Waals surface area contributed by atoms with Crippen molar-refractivity contribution in [3.63, 3.8) is 0 Å². The van der Waals surface area contributed by atoms with E-state index in [1.165, 1.54) is 0 Å². The van der Waals surface area contributed by atoms with Crippen molar-refractivity contribution in [1.29, 1.82) is 0 Å². The van der Waals surface area contributed by atoms with Gasteiger partial charge >= 0.3 is 5.97 Å². The van der Waals surface area contributed by atoms with E-state index in [0.29, 0.717) is 19.0 Å². The lowest BCUT2D eigenvalue weighted by Crippen LogP contribution is -2.40. The van der Waals surface area contributed by atoms with Crippen LogP contribution in [0.3, 0.4) is 0 Å². The molecule has 5 heteroatoms. The molecule has 0 N–H and O–H groups in total. The van der Waals surface area contributed by atoms with Gasteiger partial charge in [0.1, 0.15) is 12.2 Å². The van der Waals surface area contributed by atoms with Crippen molar-refractivity contribution in [2.45, 2.75) is 78.3 Å². The molecule has 0 atom stereocenters. The summed E-state index contributed by atoms with van der Waals surface area (Å²) in [6, 6.07) is 9.97. The van der Waals surface area contributed by atoms with Crippen LogP contribution in [-0.4, -0.2) is 26.5 Å². The van der Waals surface area contributed by atoms with E-state index in [1.807, 2.05) is 51.1 Å². The molecule has 29 heavy (non-hydrogen) atoms. The molecule has 0 bridgehead atoms. The van der Waals surface area contributed by atoms with E-state index in [9.17, 15) is 4.79 Å². The molecule has 0 amide bonds. The van der Waals surface area contributed by atoms with Gasteiger partial charge in [0.2, 0.25) is 0 Å². The standard InChI is InChI=1S/C24H36O4Si/c1-23(2,3)27-22(25)17-16-21(28-29(7,8)24(4,5)6)15-12-18-26-19-20-13-10-9-11-14-20/h9-11,13-14,16H,17-19H2,1-8H3/b21-16+. The SMILES string of the molecule is CC(C)(C)OC(=O)C/C=C(\C#CCOCc1ccccc1)O[Si](C)(C)C(C)(C)C. The fourth-order valence-corrected chi connectivity index (χ4v) is 3.01. The molecule has 1 rings (SSSR count). The molecule has 1 aromatic carbocycles. The molecule has 0 unspecified atom stereocenters. The minimum absolute atomic E-state index is 0.0312. The van der Waals surface area contributed by atoms with Crippen LogP contribution >= 0.6 is 0 Å². The van der Waals surface area contributed by atoms with Crippen LogP contribution in [0.5, 0.6) is 0 Å². The Morgan fingerprint density at radius 2 is 1.69 bits per heavy atom. The van der Waals surface area contributed by atoms with Gasteiger partial charge in [-0.2, -0.15) is 0 Å². The Hall–Kier alpha value is -2.03. The number of hydrogen-bond acceptors (Lipinski definition) is 4. The molecule has 1 aromatic rings. The summed E-state index contributed by atoms with van der Waals surface area (Å²) in [6.07, 6.45) is 1.85. The van der Waals surface area contributed by atoms with E-state index < -0.39 is 13.9 Å². The molecular weight excluding hydrogens is 380 g/mol. The van der Waals surface area contributed by atoms with Crippen LogP contribution in [0.4, 0.5) is 0 Å². The zero-order chi connectivity index (χ0) is 22.1. The van der Waals surface area contributed by atoms with Gasteiger partial charge in [0.05, 0.1) is 13.0 Å².